The van der Waals surface area contributed by atoms with Crippen molar-refractivity contribution in [3.63, 3.8) is 0 Å². The van der Waals surface area contributed by atoms with Gasteiger partial charge in [0.05, 0.1) is 27.0 Å². The Kier molecular flexibility index (Phi) is 7.58. The van der Waals surface area contributed by atoms with Crippen LogP contribution in [0.3, 0.4) is 0 Å². The highest BCUT2D eigenvalue weighted by Crippen LogP contribution is 2.19. The molecular formula is C25H28N6O6. The normalized spacial score (nSPS) is 12.1. The number of aryl methyl sites for hydroxylation is 1. The lowest BCUT2D eigenvalue weighted by molar-refractivity contribution is 0.0938. The highest BCUT2D eigenvalue weighted by Gasteiger charge is 2.21. The van der Waals surface area contributed by atoms with Crippen LogP contribution in [0.4, 0.5) is 5.95 Å². The fraction of sp³-hybridized carbons (Fsp3) is 0.280. The summed E-state index contributed by atoms with van der Waals surface area (Å²) in [5.41, 5.74) is 2.88. The number of nitrogens with one attached hydrogen (secondary N) is 1. The first-order valence-electron chi connectivity index (χ1n) is 11.4. The number of benzene rings is 2. The first-order valence-corrected chi connectivity index (χ1v) is 11.4. The standard InChI is InChI=1S/C25H28N6O6/c1-29-22-21(23(33)30(2)25(29)34)31(14-17(32)15-37-20-11-9-19(36-4)10-12-20)24(27-22)28-26-13-16-5-7-18(35-3)8-6-16/h5-13,17,32H,14-15H2,1-4H3,(H,27,28)/b26-13-/t17-/m1/s1. The lowest BCUT2D eigenvalue weighted by Gasteiger charge is -2.15. The van der Waals surface area contributed by atoms with Gasteiger partial charge < -0.3 is 23.9 Å². The third kappa shape index (κ3) is 5.48. The van der Waals surface area contributed by atoms with E-state index in [1.165, 1.54) is 23.2 Å². The number of hydrogen-bond acceptors (Lipinski definition) is 9. The summed E-state index contributed by atoms with van der Waals surface area (Å²) in [5.74, 6) is 2.14. The molecule has 0 saturated carbocycles. The minimum Gasteiger partial charge on any atom is -0.497 e. The zero-order chi connectivity index (χ0) is 26.5. The van der Waals surface area contributed by atoms with E-state index in [9.17, 15) is 14.7 Å². The molecule has 4 rings (SSSR count). The van der Waals surface area contributed by atoms with Crippen molar-refractivity contribution in [3.8, 4) is 17.2 Å². The van der Waals surface area contributed by atoms with E-state index in [1.54, 1.807) is 56.8 Å². The van der Waals surface area contributed by atoms with Crippen molar-refractivity contribution in [2.75, 3.05) is 26.3 Å². The number of aliphatic hydroxyl groups excluding tert-OH is 1. The fourth-order valence-corrected chi connectivity index (χ4v) is 3.69. The van der Waals surface area contributed by atoms with Gasteiger partial charge in [0.15, 0.2) is 11.2 Å². The average molecular weight is 509 g/mol. The van der Waals surface area contributed by atoms with Crippen molar-refractivity contribution >= 4 is 23.3 Å². The molecule has 0 unspecified atom stereocenters. The van der Waals surface area contributed by atoms with Crippen molar-refractivity contribution in [2.24, 2.45) is 19.2 Å². The number of anilines is 1. The van der Waals surface area contributed by atoms with Crippen molar-refractivity contribution in [2.45, 2.75) is 12.6 Å². The molecule has 0 bridgehead atoms. The van der Waals surface area contributed by atoms with E-state index in [2.05, 4.69) is 15.5 Å². The second-order valence-corrected chi connectivity index (χ2v) is 8.21. The predicted octanol–water partition coefficient (Wildman–Crippen LogP) is 1.34. The van der Waals surface area contributed by atoms with Crippen molar-refractivity contribution in [1.82, 2.24) is 18.7 Å². The number of methoxy groups -OCH3 is 2. The minimum absolute atomic E-state index is 0.0412. The molecule has 1 atom stereocenters. The molecule has 12 heteroatoms. The molecular weight excluding hydrogens is 480 g/mol. The Balaban J connectivity index is 1.61. The van der Waals surface area contributed by atoms with Crippen LogP contribution in [-0.2, 0) is 20.6 Å². The summed E-state index contributed by atoms with van der Waals surface area (Å²) in [7, 11) is 6.07. The maximum atomic E-state index is 13.0. The highest BCUT2D eigenvalue weighted by atomic mass is 16.5. The van der Waals surface area contributed by atoms with Gasteiger partial charge in [-0.15, -0.1) is 0 Å². The third-order valence-corrected chi connectivity index (χ3v) is 5.74. The van der Waals surface area contributed by atoms with E-state index < -0.39 is 17.4 Å². The van der Waals surface area contributed by atoms with Gasteiger partial charge in [0, 0.05) is 14.1 Å². The molecule has 37 heavy (non-hydrogen) atoms. The van der Waals surface area contributed by atoms with Gasteiger partial charge in [-0.25, -0.2) is 10.2 Å². The number of hydrazone groups is 1. The number of aliphatic hydroxyl groups is 1. The summed E-state index contributed by atoms with van der Waals surface area (Å²) in [5, 5.41) is 15.0. The number of aromatic nitrogens is 4. The quantitative estimate of drug-likeness (QED) is 0.242. The summed E-state index contributed by atoms with van der Waals surface area (Å²) in [6, 6.07) is 14.2. The zero-order valence-electron chi connectivity index (χ0n) is 20.9. The monoisotopic (exact) mass is 508 g/mol. The van der Waals surface area contributed by atoms with Gasteiger partial charge in [0.2, 0.25) is 5.95 Å². The number of nitrogens with zero attached hydrogens (tertiary/aromatic N) is 5. The summed E-state index contributed by atoms with van der Waals surface area (Å²) in [6.45, 7) is -0.0902. The van der Waals surface area contributed by atoms with Crippen molar-refractivity contribution in [3.05, 3.63) is 74.9 Å². The van der Waals surface area contributed by atoms with Gasteiger partial charge in [-0.3, -0.25) is 13.9 Å². The average Bonchev–Trinajstić information content (AvgIpc) is 3.28. The summed E-state index contributed by atoms with van der Waals surface area (Å²) in [6.07, 6.45) is 0.566. The van der Waals surface area contributed by atoms with E-state index in [4.69, 9.17) is 14.2 Å². The Hall–Kier alpha value is -4.58. The molecule has 0 saturated heterocycles. The molecule has 4 aromatic rings. The molecule has 12 nitrogen and oxygen atoms in total. The number of fused-ring (bicyclic) bond motifs is 1. The number of rotatable bonds is 10. The van der Waals surface area contributed by atoms with Crippen LogP contribution in [0.25, 0.3) is 11.2 Å². The van der Waals surface area contributed by atoms with Crippen LogP contribution < -0.4 is 30.9 Å². The molecule has 2 aromatic heterocycles. The Bertz CT molecular complexity index is 1520. The minimum atomic E-state index is -1.01. The smallest absolute Gasteiger partial charge is 0.332 e. The van der Waals surface area contributed by atoms with E-state index in [0.717, 1.165) is 15.9 Å². The van der Waals surface area contributed by atoms with Crippen LogP contribution in [-0.4, -0.2) is 56.9 Å². The van der Waals surface area contributed by atoms with Gasteiger partial charge in [-0.1, -0.05) is 0 Å². The van der Waals surface area contributed by atoms with Crippen LogP contribution in [0.2, 0.25) is 0 Å². The Morgan fingerprint density at radius 1 is 0.973 bits per heavy atom. The molecule has 0 aliphatic heterocycles. The molecule has 0 radical (unpaired) electrons. The molecule has 194 valence electrons. The Labute approximate surface area is 212 Å². The lowest BCUT2D eigenvalue weighted by atomic mass is 10.2. The van der Waals surface area contributed by atoms with Crippen LogP contribution in [0.5, 0.6) is 17.2 Å². The third-order valence-electron chi connectivity index (χ3n) is 5.74. The molecule has 2 heterocycles. The predicted molar refractivity (Wildman–Crippen MR) is 139 cm³/mol. The molecule has 0 spiro atoms. The van der Waals surface area contributed by atoms with Gasteiger partial charge in [0.25, 0.3) is 5.56 Å². The molecule has 0 aliphatic carbocycles. The Morgan fingerprint density at radius 2 is 1.57 bits per heavy atom. The van der Waals surface area contributed by atoms with E-state index in [0.29, 0.717) is 11.5 Å². The van der Waals surface area contributed by atoms with Crippen molar-refractivity contribution < 1.29 is 19.3 Å². The summed E-state index contributed by atoms with van der Waals surface area (Å²) >= 11 is 0. The first-order chi connectivity index (χ1) is 17.8. The number of imidazole rings is 1. The van der Waals surface area contributed by atoms with Crippen LogP contribution >= 0.6 is 0 Å². The maximum absolute atomic E-state index is 13.0. The maximum Gasteiger partial charge on any atom is 0.332 e. The fourth-order valence-electron chi connectivity index (χ4n) is 3.69. The van der Waals surface area contributed by atoms with Gasteiger partial charge in [-0.05, 0) is 54.1 Å². The van der Waals surface area contributed by atoms with Crippen LogP contribution in [0.1, 0.15) is 5.56 Å². The topological polar surface area (TPSA) is 134 Å². The summed E-state index contributed by atoms with van der Waals surface area (Å²) in [4.78, 5) is 29.9. The second kappa shape index (κ2) is 11.0. The SMILES string of the molecule is COc1ccc(/C=N\Nc2nc3c(c(=O)n(C)c(=O)n3C)n2C[C@@H](O)COc2ccc(OC)cc2)cc1. The van der Waals surface area contributed by atoms with E-state index >= 15 is 0 Å². The molecule has 2 aromatic carbocycles. The molecule has 0 aliphatic rings. The van der Waals surface area contributed by atoms with Crippen LogP contribution in [0.15, 0.2) is 63.2 Å². The van der Waals surface area contributed by atoms with E-state index in [1.807, 2.05) is 12.1 Å². The number of ether oxygens (including phenoxy) is 3. The first kappa shape index (κ1) is 25.5. The van der Waals surface area contributed by atoms with E-state index in [-0.39, 0.29) is 30.3 Å². The van der Waals surface area contributed by atoms with Gasteiger partial charge >= 0.3 is 5.69 Å². The summed E-state index contributed by atoms with van der Waals surface area (Å²) < 4.78 is 19.7. The highest BCUT2D eigenvalue weighted by molar-refractivity contribution is 5.80. The molecule has 0 amide bonds. The lowest BCUT2D eigenvalue weighted by Crippen LogP contribution is -2.38. The Morgan fingerprint density at radius 3 is 2.19 bits per heavy atom. The largest absolute Gasteiger partial charge is 0.497 e. The number of hydrogen-bond donors (Lipinski definition) is 2. The second-order valence-electron chi connectivity index (χ2n) is 8.21. The van der Waals surface area contributed by atoms with Crippen LogP contribution in [0, 0.1) is 0 Å². The van der Waals surface area contributed by atoms with Gasteiger partial charge in [-0.2, -0.15) is 10.1 Å². The zero-order valence-corrected chi connectivity index (χ0v) is 20.9. The van der Waals surface area contributed by atoms with Crippen molar-refractivity contribution in [1.29, 1.82) is 0 Å². The molecule has 0 fully saturated rings. The molecule has 2 N–H and O–H groups in total. The van der Waals surface area contributed by atoms with Gasteiger partial charge in [0.1, 0.15) is 30.0 Å².